The van der Waals surface area contributed by atoms with Crippen molar-refractivity contribution in [3.8, 4) is 0 Å². The number of carbonyl (C=O) groups is 2. The summed E-state index contributed by atoms with van der Waals surface area (Å²) < 4.78 is 16.9. The first-order valence-electron chi connectivity index (χ1n) is 12.7. The summed E-state index contributed by atoms with van der Waals surface area (Å²) in [4.78, 5) is 29.0. The highest BCUT2D eigenvalue weighted by Gasteiger charge is 2.35. The Labute approximate surface area is 205 Å². The third kappa shape index (κ3) is 4.26. The van der Waals surface area contributed by atoms with Crippen LogP contribution in [0.1, 0.15) is 61.6 Å². The monoisotopic (exact) mass is 476 g/mol. The highest BCUT2D eigenvalue weighted by atomic mass is 16.5. The number of cyclic esters (lactones) is 2. The average Bonchev–Trinajstić information content (AvgIpc) is 3.23. The molecule has 0 spiro atoms. The lowest BCUT2D eigenvalue weighted by Gasteiger charge is -2.46. The second-order valence-electron chi connectivity index (χ2n) is 10.3. The molecule has 2 fully saturated rings. The van der Waals surface area contributed by atoms with Gasteiger partial charge in [-0.2, -0.15) is 0 Å². The zero-order chi connectivity index (χ0) is 24.1. The summed E-state index contributed by atoms with van der Waals surface area (Å²) in [5.41, 5.74) is 7.12. The number of benzene rings is 2. The number of esters is 2. The molecule has 2 aromatic carbocycles. The molecule has 0 bridgehead atoms. The number of hydrogen-bond acceptors (Lipinski definition) is 7. The lowest BCUT2D eigenvalue weighted by Crippen LogP contribution is -2.58. The minimum atomic E-state index is -0.220. The topological polar surface area (TPSA) is 68.3 Å². The number of hydrogen-bond donors (Lipinski definition) is 0. The van der Waals surface area contributed by atoms with E-state index in [-0.39, 0.29) is 24.1 Å². The molecule has 0 N–H and O–H groups in total. The van der Waals surface area contributed by atoms with E-state index in [2.05, 4.69) is 28.9 Å². The zero-order valence-electron chi connectivity index (χ0n) is 20.4. The molecule has 3 atom stereocenters. The van der Waals surface area contributed by atoms with Crippen LogP contribution < -0.4 is 0 Å². The Morgan fingerprint density at radius 1 is 1.03 bits per heavy atom. The average molecular weight is 477 g/mol. The summed E-state index contributed by atoms with van der Waals surface area (Å²) >= 11 is 0. The van der Waals surface area contributed by atoms with Gasteiger partial charge in [-0.15, -0.1) is 0 Å². The first kappa shape index (κ1) is 22.7. The van der Waals surface area contributed by atoms with Gasteiger partial charge in [0.05, 0.1) is 23.8 Å². The van der Waals surface area contributed by atoms with Gasteiger partial charge in [0.2, 0.25) is 0 Å². The van der Waals surface area contributed by atoms with E-state index in [0.29, 0.717) is 30.4 Å². The molecule has 0 unspecified atom stereocenters. The lowest BCUT2D eigenvalue weighted by atomic mass is 9.94. The van der Waals surface area contributed by atoms with Crippen LogP contribution in [0.2, 0.25) is 0 Å². The first-order chi connectivity index (χ1) is 17.0. The van der Waals surface area contributed by atoms with E-state index in [1.807, 2.05) is 25.1 Å². The summed E-state index contributed by atoms with van der Waals surface area (Å²) in [5, 5.41) is 0. The van der Waals surface area contributed by atoms with Crippen LogP contribution in [-0.2, 0) is 33.7 Å². The maximum Gasteiger partial charge on any atom is 0.338 e. The third-order valence-corrected chi connectivity index (χ3v) is 8.06. The first-order valence-corrected chi connectivity index (χ1v) is 12.7. The van der Waals surface area contributed by atoms with Gasteiger partial charge in [-0.3, -0.25) is 4.90 Å². The molecule has 4 aliphatic heterocycles. The normalized spacial score (nSPS) is 26.5. The fourth-order valence-electron chi connectivity index (χ4n) is 6.01. The van der Waals surface area contributed by atoms with Gasteiger partial charge in [0.15, 0.2) is 0 Å². The Kier molecular flexibility index (Phi) is 5.87. The van der Waals surface area contributed by atoms with Crippen molar-refractivity contribution in [1.29, 1.82) is 0 Å². The minimum Gasteiger partial charge on any atom is -0.459 e. The standard InChI is InChI=1S/C28H32N2O5/c1-17-11-20-12-19(3-4-23(20)28(32)35-17)7-8-29-9-10-30-14-26(33-15-21(30)13-29)22-5-6-24-25(18(22)2)16-34-27(24)31/h3-6,12,17,21,26H,7-11,13-16H2,1-2H3/t17-,21+,26+/m1/s1. The molecule has 2 aromatic rings. The summed E-state index contributed by atoms with van der Waals surface area (Å²) in [5.74, 6) is -0.420. The van der Waals surface area contributed by atoms with Crippen molar-refractivity contribution in [1.82, 2.24) is 9.80 Å². The molecule has 0 saturated carbocycles. The van der Waals surface area contributed by atoms with Gasteiger partial charge < -0.3 is 19.1 Å². The SMILES string of the molecule is Cc1c([C@@H]2CN3CCN(CCc4ccc5c(c4)C[C@@H](C)OC5=O)C[C@H]3CO2)ccc2c1COC2=O. The van der Waals surface area contributed by atoms with E-state index in [9.17, 15) is 9.59 Å². The molecule has 184 valence electrons. The van der Waals surface area contributed by atoms with Gasteiger partial charge >= 0.3 is 11.9 Å². The smallest absolute Gasteiger partial charge is 0.338 e. The van der Waals surface area contributed by atoms with Gasteiger partial charge in [0.1, 0.15) is 12.7 Å². The molecule has 0 aromatic heterocycles. The Hall–Kier alpha value is -2.74. The zero-order valence-corrected chi connectivity index (χ0v) is 20.4. The van der Waals surface area contributed by atoms with E-state index in [1.54, 1.807) is 0 Å². The molecule has 7 nitrogen and oxygen atoms in total. The predicted octanol–water partition coefficient (Wildman–Crippen LogP) is 3.07. The molecular weight excluding hydrogens is 444 g/mol. The quantitative estimate of drug-likeness (QED) is 0.629. The fourth-order valence-corrected chi connectivity index (χ4v) is 6.01. The Balaban J connectivity index is 1.06. The molecule has 0 aliphatic carbocycles. The molecule has 0 amide bonds. The molecule has 4 heterocycles. The molecule has 0 radical (unpaired) electrons. The van der Waals surface area contributed by atoms with Crippen molar-refractivity contribution >= 4 is 11.9 Å². The van der Waals surface area contributed by atoms with Crippen LogP contribution in [0, 0.1) is 6.92 Å². The second kappa shape index (κ2) is 9.04. The number of nitrogens with zero attached hydrogens (tertiary/aromatic N) is 2. The van der Waals surface area contributed by atoms with Gasteiger partial charge in [-0.05, 0) is 54.7 Å². The van der Waals surface area contributed by atoms with Crippen LogP contribution in [0.15, 0.2) is 30.3 Å². The Morgan fingerprint density at radius 3 is 2.77 bits per heavy atom. The maximum atomic E-state index is 12.1. The fraction of sp³-hybridized carbons (Fsp3) is 0.500. The maximum absolute atomic E-state index is 12.1. The molecule has 7 heteroatoms. The van der Waals surface area contributed by atoms with Crippen molar-refractivity contribution in [2.45, 2.75) is 51.5 Å². The summed E-state index contributed by atoms with van der Waals surface area (Å²) in [6.07, 6.45) is 1.75. The number of carbonyl (C=O) groups excluding carboxylic acids is 2. The van der Waals surface area contributed by atoms with Gasteiger partial charge in [-0.25, -0.2) is 9.59 Å². The van der Waals surface area contributed by atoms with Crippen molar-refractivity contribution in [3.05, 3.63) is 69.3 Å². The Morgan fingerprint density at radius 2 is 1.89 bits per heavy atom. The third-order valence-electron chi connectivity index (χ3n) is 8.06. The van der Waals surface area contributed by atoms with E-state index < -0.39 is 0 Å². The van der Waals surface area contributed by atoms with E-state index in [4.69, 9.17) is 14.2 Å². The number of fused-ring (bicyclic) bond motifs is 3. The molecule has 35 heavy (non-hydrogen) atoms. The van der Waals surface area contributed by atoms with E-state index in [1.165, 1.54) is 11.1 Å². The highest BCUT2D eigenvalue weighted by Crippen LogP contribution is 2.33. The van der Waals surface area contributed by atoms with Gasteiger partial charge in [-0.1, -0.05) is 18.2 Å². The molecule has 4 aliphatic rings. The van der Waals surface area contributed by atoms with Gasteiger partial charge in [0.25, 0.3) is 0 Å². The largest absolute Gasteiger partial charge is 0.459 e. The number of piperazine rings is 1. The highest BCUT2D eigenvalue weighted by molar-refractivity contribution is 5.94. The lowest BCUT2D eigenvalue weighted by molar-refractivity contribution is -0.0903. The summed E-state index contributed by atoms with van der Waals surface area (Å²) in [6, 6.07) is 10.5. The number of morpholine rings is 1. The van der Waals surface area contributed by atoms with Crippen molar-refractivity contribution < 1.29 is 23.8 Å². The van der Waals surface area contributed by atoms with Crippen LogP contribution in [0.5, 0.6) is 0 Å². The van der Waals surface area contributed by atoms with E-state index in [0.717, 1.165) is 62.3 Å². The second-order valence-corrected chi connectivity index (χ2v) is 10.3. The molecular formula is C28H32N2O5. The van der Waals surface area contributed by atoms with Crippen LogP contribution in [0.25, 0.3) is 0 Å². The van der Waals surface area contributed by atoms with Crippen molar-refractivity contribution in [2.24, 2.45) is 0 Å². The van der Waals surface area contributed by atoms with Crippen LogP contribution >= 0.6 is 0 Å². The number of rotatable bonds is 4. The molecule has 6 rings (SSSR count). The van der Waals surface area contributed by atoms with E-state index >= 15 is 0 Å². The van der Waals surface area contributed by atoms with Crippen LogP contribution in [0.3, 0.4) is 0 Å². The van der Waals surface area contributed by atoms with Gasteiger partial charge in [0, 0.05) is 50.7 Å². The summed E-state index contributed by atoms with van der Waals surface area (Å²) in [6.45, 7) is 10.1. The molecule has 2 saturated heterocycles. The minimum absolute atomic E-state index is 0.0309. The van der Waals surface area contributed by atoms with Crippen LogP contribution in [-0.4, -0.2) is 73.2 Å². The summed E-state index contributed by atoms with van der Waals surface area (Å²) in [7, 11) is 0. The van der Waals surface area contributed by atoms with Crippen molar-refractivity contribution in [2.75, 3.05) is 39.3 Å². The number of ether oxygens (including phenoxy) is 3. The predicted molar refractivity (Wildman–Crippen MR) is 130 cm³/mol. The Bertz CT molecular complexity index is 1180. The van der Waals surface area contributed by atoms with Crippen molar-refractivity contribution in [3.63, 3.8) is 0 Å². The van der Waals surface area contributed by atoms with Crippen LogP contribution in [0.4, 0.5) is 0 Å².